The van der Waals surface area contributed by atoms with Crippen molar-refractivity contribution in [2.24, 2.45) is 0 Å². The third-order valence-corrected chi connectivity index (χ3v) is 4.87. The number of rotatable bonds is 2. The van der Waals surface area contributed by atoms with Gasteiger partial charge in [-0.3, -0.25) is 4.68 Å². The Morgan fingerprint density at radius 1 is 1.14 bits per heavy atom. The maximum absolute atomic E-state index is 4.31. The zero-order valence-corrected chi connectivity index (χ0v) is 11.6. The average Bonchev–Trinajstić information content (AvgIpc) is 2.52. The SMILES string of the molecule is Ic1cnn(Cc2ccccc2)c1I. The Morgan fingerprint density at radius 2 is 1.86 bits per heavy atom. The molecule has 1 aromatic heterocycles. The molecule has 1 aromatic carbocycles. The molecule has 0 atom stereocenters. The lowest BCUT2D eigenvalue weighted by Gasteiger charge is -2.02. The van der Waals surface area contributed by atoms with E-state index in [9.17, 15) is 0 Å². The molecule has 2 nitrogen and oxygen atoms in total. The van der Waals surface area contributed by atoms with Crippen molar-refractivity contribution in [3.05, 3.63) is 49.4 Å². The summed E-state index contributed by atoms with van der Waals surface area (Å²) >= 11 is 4.62. The van der Waals surface area contributed by atoms with Gasteiger partial charge < -0.3 is 0 Å². The van der Waals surface area contributed by atoms with E-state index in [4.69, 9.17) is 0 Å². The predicted octanol–water partition coefficient (Wildman–Crippen LogP) is 3.14. The summed E-state index contributed by atoms with van der Waals surface area (Å²) in [5.74, 6) is 0. The van der Waals surface area contributed by atoms with Gasteiger partial charge in [-0.15, -0.1) is 0 Å². The molecule has 0 saturated carbocycles. The van der Waals surface area contributed by atoms with E-state index in [-0.39, 0.29) is 0 Å². The van der Waals surface area contributed by atoms with E-state index in [1.54, 1.807) is 0 Å². The van der Waals surface area contributed by atoms with Gasteiger partial charge in [0, 0.05) is 0 Å². The fraction of sp³-hybridized carbons (Fsp3) is 0.100. The molecule has 4 heteroatoms. The minimum Gasteiger partial charge on any atom is -0.254 e. The van der Waals surface area contributed by atoms with E-state index >= 15 is 0 Å². The van der Waals surface area contributed by atoms with Gasteiger partial charge in [0.15, 0.2) is 0 Å². The predicted molar refractivity (Wildman–Crippen MR) is 73.2 cm³/mol. The first kappa shape index (κ1) is 10.4. The molecule has 0 aliphatic carbocycles. The van der Waals surface area contributed by atoms with Crippen LogP contribution in [0.15, 0.2) is 36.5 Å². The Hall–Kier alpha value is -0.110. The zero-order valence-electron chi connectivity index (χ0n) is 7.32. The Balaban J connectivity index is 2.23. The van der Waals surface area contributed by atoms with Crippen molar-refractivity contribution in [2.45, 2.75) is 6.54 Å². The van der Waals surface area contributed by atoms with Gasteiger partial charge in [-0.2, -0.15) is 5.10 Å². The van der Waals surface area contributed by atoms with Crippen molar-refractivity contribution in [2.75, 3.05) is 0 Å². The molecule has 14 heavy (non-hydrogen) atoms. The van der Waals surface area contributed by atoms with E-state index in [0.717, 1.165) is 6.54 Å². The highest BCUT2D eigenvalue weighted by Crippen LogP contribution is 2.15. The quantitative estimate of drug-likeness (QED) is 0.697. The molecule has 2 rings (SSSR count). The second kappa shape index (κ2) is 4.61. The molecule has 0 amide bonds. The molecule has 0 saturated heterocycles. The second-order valence-corrected chi connectivity index (χ2v) is 5.11. The van der Waals surface area contributed by atoms with Crippen LogP contribution in [0.2, 0.25) is 0 Å². The summed E-state index contributed by atoms with van der Waals surface area (Å²) in [7, 11) is 0. The fourth-order valence-corrected chi connectivity index (χ4v) is 2.05. The van der Waals surface area contributed by atoms with Crippen LogP contribution in [0, 0.1) is 7.27 Å². The van der Waals surface area contributed by atoms with Crippen molar-refractivity contribution in [1.82, 2.24) is 9.78 Å². The van der Waals surface area contributed by atoms with Gasteiger partial charge in [-0.05, 0) is 50.7 Å². The molecule has 0 bridgehead atoms. The summed E-state index contributed by atoms with van der Waals surface area (Å²) in [6.07, 6.45) is 1.89. The van der Waals surface area contributed by atoms with Gasteiger partial charge in [0.1, 0.15) is 3.70 Å². The smallest absolute Gasteiger partial charge is 0.113 e. The van der Waals surface area contributed by atoms with Gasteiger partial charge in [0.25, 0.3) is 0 Å². The molecule has 0 aliphatic heterocycles. The number of aromatic nitrogens is 2. The van der Waals surface area contributed by atoms with Crippen molar-refractivity contribution in [3.8, 4) is 0 Å². The van der Waals surface area contributed by atoms with Gasteiger partial charge in [-0.1, -0.05) is 30.3 Å². The zero-order chi connectivity index (χ0) is 9.97. The molecule has 0 aliphatic rings. The average molecular weight is 410 g/mol. The number of nitrogens with zero attached hydrogens (tertiary/aromatic N) is 2. The first-order valence-electron chi connectivity index (χ1n) is 4.18. The third-order valence-electron chi connectivity index (χ3n) is 1.91. The van der Waals surface area contributed by atoms with Crippen molar-refractivity contribution in [1.29, 1.82) is 0 Å². The lowest BCUT2D eigenvalue weighted by molar-refractivity contribution is 0.669. The first-order chi connectivity index (χ1) is 6.77. The van der Waals surface area contributed by atoms with Crippen molar-refractivity contribution < 1.29 is 0 Å². The van der Waals surface area contributed by atoms with Crippen LogP contribution in [0.5, 0.6) is 0 Å². The molecule has 72 valence electrons. The Labute approximate surface area is 110 Å². The van der Waals surface area contributed by atoms with Crippen LogP contribution in [0.3, 0.4) is 0 Å². The monoisotopic (exact) mass is 410 g/mol. The van der Waals surface area contributed by atoms with Crippen LogP contribution in [0.4, 0.5) is 0 Å². The van der Waals surface area contributed by atoms with Crippen LogP contribution in [0.25, 0.3) is 0 Å². The molecular weight excluding hydrogens is 402 g/mol. The maximum atomic E-state index is 4.31. The molecule has 0 spiro atoms. The van der Waals surface area contributed by atoms with Gasteiger partial charge in [0.05, 0.1) is 16.3 Å². The summed E-state index contributed by atoms with van der Waals surface area (Å²) in [6, 6.07) is 10.4. The van der Waals surface area contributed by atoms with Crippen molar-refractivity contribution >= 4 is 45.2 Å². The Kier molecular flexibility index (Phi) is 3.42. The fourth-order valence-electron chi connectivity index (χ4n) is 1.21. The van der Waals surface area contributed by atoms with Crippen LogP contribution in [-0.2, 0) is 6.54 Å². The van der Waals surface area contributed by atoms with Crippen LogP contribution >= 0.6 is 45.2 Å². The summed E-state index contributed by atoms with van der Waals surface area (Å²) in [5.41, 5.74) is 1.28. The van der Waals surface area contributed by atoms with E-state index < -0.39 is 0 Å². The molecule has 0 radical (unpaired) electrons. The van der Waals surface area contributed by atoms with Gasteiger partial charge >= 0.3 is 0 Å². The van der Waals surface area contributed by atoms with Crippen LogP contribution in [0.1, 0.15) is 5.56 Å². The van der Waals surface area contributed by atoms with Gasteiger partial charge in [0.2, 0.25) is 0 Å². The number of hydrogen-bond donors (Lipinski definition) is 0. The molecular formula is C10H8I2N2. The van der Waals surface area contributed by atoms with E-state index in [1.165, 1.54) is 12.8 Å². The summed E-state index contributed by atoms with van der Waals surface area (Å²) in [4.78, 5) is 0. The second-order valence-electron chi connectivity index (χ2n) is 2.93. The lowest BCUT2D eigenvalue weighted by Crippen LogP contribution is -2.03. The third kappa shape index (κ3) is 2.28. The largest absolute Gasteiger partial charge is 0.254 e. The van der Waals surface area contributed by atoms with Crippen molar-refractivity contribution in [3.63, 3.8) is 0 Å². The highest BCUT2D eigenvalue weighted by molar-refractivity contribution is 14.1. The van der Waals surface area contributed by atoms with E-state index in [2.05, 4.69) is 74.5 Å². The first-order valence-corrected chi connectivity index (χ1v) is 6.34. The maximum Gasteiger partial charge on any atom is 0.113 e. The Morgan fingerprint density at radius 3 is 2.43 bits per heavy atom. The Bertz CT molecular complexity index is 423. The normalized spacial score (nSPS) is 10.4. The van der Waals surface area contributed by atoms with E-state index in [1.807, 2.05) is 16.9 Å². The molecule has 0 unspecified atom stereocenters. The number of halogens is 2. The lowest BCUT2D eigenvalue weighted by atomic mass is 10.2. The van der Waals surface area contributed by atoms with Gasteiger partial charge in [-0.25, -0.2) is 0 Å². The topological polar surface area (TPSA) is 17.8 Å². The van der Waals surface area contributed by atoms with Crippen LogP contribution < -0.4 is 0 Å². The highest BCUT2D eigenvalue weighted by Gasteiger charge is 2.04. The summed E-state index contributed by atoms with van der Waals surface area (Å²) in [6.45, 7) is 0.849. The summed E-state index contributed by atoms with van der Waals surface area (Å²) < 4.78 is 4.42. The highest BCUT2D eigenvalue weighted by atomic mass is 127. The van der Waals surface area contributed by atoms with E-state index in [0.29, 0.717) is 0 Å². The summed E-state index contributed by atoms with van der Waals surface area (Å²) in [5, 5.41) is 4.31. The molecule has 0 fully saturated rings. The van der Waals surface area contributed by atoms with Crippen LogP contribution in [-0.4, -0.2) is 9.78 Å². The number of benzene rings is 1. The standard InChI is InChI=1S/C10H8I2N2/c11-9-6-13-14(10(9)12)7-8-4-2-1-3-5-8/h1-6H,7H2. The molecule has 0 N–H and O–H groups in total. The molecule has 1 heterocycles. The molecule has 2 aromatic rings. The minimum absolute atomic E-state index is 0.849. The number of hydrogen-bond acceptors (Lipinski definition) is 1. The minimum atomic E-state index is 0.849.